The second kappa shape index (κ2) is 22.4. The summed E-state index contributed by atoms with van der Waals surface area (Å²) in [5.41, 5.74) is 0. The molecule has 0 aliphatic carbocycles. The van der Waals surface area contributed by atoms with Crippen LogP contribution in [-0.4, -0.2) is 0 Å². The van der Waals surface area contributed by atoms with Crippen LogP contribution in [0.3, 0.4) is 0 Å². The molecule has 0 aromatic carbocycles. The molecule has 0 saturated carbocycles. The molecular weight excluding hydrogens is 292 g/mol. The first kappa shape index (κ1) is 22.5. The van der Waals surface area contributed by atoms with Crippen molar-refractivity contribution in [3.05, 3.63) is 6.92 Å². The Morgan fingerprint density at radius 1 is 1.17 bits per heavy atom. The van der Waals surface area contributed by atoms with Gasteiger partial charge in [-0.15, -0.1) is 0 Å². The molecule has 0 saturated heterocycles. The van der Waals surface area contributed by atoms with Crippen molar-refractivity contribution in [2.45, 2.75) is 13.3 Å². The van der Waals surface area contributed by atoms with Crippen LogP contribution in [0.4, 0.5) is 0 Å². The molecule has 0 aliphatic heterocycles. The average molecular weight is 299 g/mol. The van der Waals surface area contributed by atoms with E-state index in [0.717, 1.165) is 6.42 Å². The largest absolute Gasteiger partial charge is 1.00 e. The van der Waals surface area contributed by atoms with Gasteiger partial charge in [0.1, 0.15) is 0 Å². The Hall–Kier alpha value is 5.42. The SMILES string of the molecule is [CH2-]CC.[Rb+].[Rb+].[Rb+]. The van der Waals surface area contributed by atoms with Crippen molar-refractivity contribution >= 4 is 0 Å². The van der Waals surface area contributed by atoms with E-state index >= 15 is 0 Å². The van der Waals surface area contributed by atoms with Gasteiger partial charge in [-0.05, 0) is 0 Å². The van der Waals surface area contributed by atoms with E-state index in [1.165, 1.54) is 0 Å². The van der Waals surface area contributed by atoms with Crippen molar-refractivity contribution in [3.63, 3.8) is 0 Å². The zero-order valence-electron chi connectivity index (χ0n) is 5.41. The first-order valence-corrected chi connectivity index (χ1v) is 1.21. The zero-order chi connectivity index (χ0) is 2.71. The van der Waals surface area contributed by atoms with E-state index in [2.05, 4.69) is 6.92 Å². The maximum Gasteiger partial charge on any atom is 1.00 e. The Labute approximate surface area is 187 Å². The molecule has 0 heterocycles. The molecule has 0 aromatic rings. The molecule has 0 spiro atoms. The third-order valence-corrected chi connectivity index (χ3v) is 0. The molecular formula is C3H7Rb3+2. The molecule has 6 heavy (non-hydrogen) atoms. The molecule has 0 unspecified atom stereocenters. The number of hydrogen-bond donors (Lipinski definition) is 0. The maximum atomic E-state index is 3.49. The van der Waals surface area contributed by atoms with Crippen LogP contribution in [-0.2, 0) is 0 Å². The van der Waals surface area contributed by atoms with Crippen LogP contribution >= 0.6 is 0 Å². The Bertz CT molecular complexity index is 6.00. The van der Waals surface area contributed by atoms with Crippen molar-refractivity contribution in [1.82, 2.24) is 0 Å². The molecule has 0 N–H and O–H groups in total. The average Bonchev–Trinajstić information content (AvgIpc) is 0.918. The molecule has 0 radical (unpaired) electrons. The fourth-order valence-corrected chi connectivity index (χ4v) is 0. The van der Waals surface area contributed by atoms with Gasteiger partial charge in [0.05, 0.1) is 0 Å². The van der Waals surface area contributed by atoms with Crippen molar-refractivity contribution < 1.29 is 175 Å². The van der Waals surface area contributed by atoms with Gasteiger partial charge < -0.3 is 6.92 Å². The fourth-order valence-electron chi connectivity index (χ4n) is 0. The van der Waals surface area contributed by atoms with E-state index in [1.807, 2.05) is 6.92 Å². The summed E-state index contributed by atoms with van der Waals surface area (Å²) >= 11 is 0. The normalized spacial score (nSPS) is 3.00. The van der Waals surface area contributed by atoms with Crippen LogP contribution in [0, 0.1) is 6.92 Å². The minimum absolute atomic E-state index is 0. The van der Waals surface area contributed by atoms with Gasteiger partial charge in [-0.25, -0.2) is 0 Å². The van der Waals surface area contributed by atoms with E-state index in [4.69, 9.17) is 0 Å². The molecule has 0 aliphatic rings. The number of rotatable bonds is 0. The second-order valence-corrected chi connectivity index (χ2v) is 0.500. The van der Waals surface area contributed by atoms with Gasteiger partial charge in [0, 0.05) is 0 Å². The van der Waals surface area contributed by atoms with Gasteiger partial charge in [0.15, 0.2) is 0 Å². The maximum absolute atomic E-state index is 3.49. The Morgan fingerprint density at radius 2 is 1.17 bits per heavy atom. The minimum atomic E-state index is 0. The van der Waals surface area contributed by atoms with Crippen LogP contribution in [0.25, 0.3) is 0 Å². The number of hydrogen-bond acceptors (Lipinski definition) is 0. The predicted molar refractivity (Wildman–Crippen MR) is 15.6 cm³/mol. The molecule has 3 heteroatoms. The summed E-state index contributed by atoms with van der Waals surface area (Å²) in [4.78, 5) is 0. The predicted octanol–water partition coefficient (Wildman–Crippen LogP) is -7.76. The second-order valence-electron chi connectivity index (χ2n) is 0.500. The summed E-state index contributed by atoms with van der Waals surface area (Å²) in [6, 6.07) is 0. The van der Waals surface area contributed by atoms with Crippen LogP contribution in [0.5, 0.6) is 0 Å². The van der Waals surface area contributed by atoms with E-state index in [1.54, 1.807) is 0 Å². The summed E-state index contributed by atoms with van der Waals surface area (Å²) < 4.78 is 0. The topological polar surface area (TPSA) is 0 Å². The molecule has 0 bridgehead atoms. The third-order valence-electron chi connectivity index (χ3n) is 0. The molecule has 0 nitrogen and oxygen atoms in total. The molecule has 0 fully saturated rings. The zero-order valence-corrected chi connectivity index (χ0v) is 20.2. The molecule has 0 aromatic heterocycles. The summed E-state index contributed by atoms with van der Waals surface area (Å²) in [6.45, 7) is 5.50. The van der Waals surface area contributed by atoms with E-state index in [-0.39, 0.29) is 175 Å². The van der Waals surface area contributed by atoms with Gasteiger partial charge in [-0.3, -0.25) is 0 Å². The van der Waals surface area contributed by atoms with Gasteiger partial charge in [-0.2, -0.15) is 6.42 Å². The first-order valence-electron chi connectivity index (χ1n) is 1.21. The Balaban J connectivity index is -0.00000000667. The monoisotopic (exact) mass is 298 g/mol. The molecule has 0 amide bonds. The van der Waals surface area contributed by atoms with Crippen LogP contribution in [0.15, 0.2) is 0 Å². The molecule has 20 valence electrons. The van der Waals surface area contributed by atoms with E-state index in [9.17, 15) is 0 Å². The summed E-state index contributed by atoms with van der Waals surface area (Å²) in [6.07, 6.45) is 1.00. The molecule has 0 atom stereocenters. The van der Waals surface area contributed by atoms with Gasteiger partial charge in [-0.1, -0.05) is 6.92 Å². The fraction of sp³-hybridized carbons (Fsp3) is 0.667. The van der Waals surface area contributed by atoms with E-state index in [0.29, 0.717) is 0 Å². The van der Waals surface area contributed by atoms with Gasteiger partial charge >= 0.3 is 175 Å². The van der Waals surface area contributed by atoms with Crippen molar-refractivity contribution in [1.29, 1.82) is 0 Å². The van der Waals surface area contributed by atoms with Crippen LogP contribution < -0.4 is 175 Å². The smallest absolute Gasteiger partial charge is 0.344 e. The van der Waals surface area contributed by atoms with Crippen molar-refractivity contribution in [2.75, 3.05) is 0 Å². The van der Waals surface area contributed by atoms with Crippen LogP contribution in [0.1, 0.15) is 13.3 Å². The first-order chi connectivity index (χ1) is 1.41. The Kier molecular flexibility index (Phi) is 84.2. The van der Waals surface area contributed by atoms with Gasteiger partial charge in [0.2, 0.25) is 0 Å². The summed E-state index contributed by atoms with van der Waals surface area (Å²) in [5, 5.41) is 0. The summed E-state index contributed by atoms with van der Waals surface area (Å²) in [5.74, 6) is 0. The van der Waals surface area contributed by atoms with Gasteiger partial charge in [0.25, 0.3) is 0 Å². The summed E-state index contributed by atoms with van der Waals surface area (Å²) in [7, 11) is 0. The standard InChI is InChI=1S/C3H7.3Rb/c1-3-2;;;/h1,3H2,2H3;;;/q-1;3*+1. The third kappa shape index (κ3) is 22.7. The molecule has 0 rings (SSSR count). The van der Waals surface area contributed by atoms with Crippen LogP contribution in [0.2, 0.25) is 0 Å². The quantitative estimate of drug-likeness (QED) is 0.390. The van der Waals surface area contributed by atoms with Crippen molar-refractivity contribution in [2.24, 2.45) is 0 Å². The Morgan fingerprint density at radius 3 is 1.17 bits per heavy atom. The van der Waals surface area contributed by atoms with Crippen molar-refractivity contribution in [3.8, 4) is 0 Å². The van der Waals surface area contributed by atoms with E-state index < -0.39 is 0 Å². The minimum Gasteiger partial charge on any atom is -0.344 e.